The first kappa shape index (κ1) is 14.9. The lowest BCUT2D eigenvalue weighted by atomic mass is 10.0. The third-order valence-electron chi connectivity index (χ3n) is 3.61. The van der Waals surface area contributed by atoms with Gasteiger partial charge in [0.2, 0.25) is 0 Å². The van der Waals surface area contributed by atoms with Crippen LogP contribution in [0.5, 0.6) is 0 Å². The highest BCUT2D eigenvalue weighted by Crippen LogP contribution is 2.23. The fourth-order valence-corrected chi connectivity index (χ4v) is 2.57. The Kier molecular flexibility index (Phi) is 3.89. The molecule has 23 heavy (non-hydrogen) atoms. The summed E-state index contributed by atoms with van der Waals surface area (Å²) in [6.45, 7) is 0. The van der Waals surface area contributed by atoms with Crippen molar-refractivity contribution in [2.45, 2.75) is 6.42 Å². The third-order valence-corrected chi connectivity index (χ3v) is 3.61. The van der Waals surface area contributed by atoms with Crippen LogP contribution in [0.25, 0.3) is 10.9 Å². The molecule has 0 aliphatic carbocycles. The quantitative estimate of drug-likeness (QED) is 0.727. The molecule has 3 aromatic rings. The standard InChI is InChI=1S/C17H14FN3O2/c1-19-17(23)15-6-10(9-22)5-12(21-15)7-11-3-2-4-14-16(11)13(18)8-20-14/h2-6,8-9,20H,7H2,1H3,(H,19,23). The molecule has 0 fully saturated rings. The van der Waals surface area contributed by atoms with E-state index in [4.69, 9.17) is 0 Å². The van der Waals surface area contributed by atoms with Gasteiger partial charge in [-0.15, -0.1) is 0 Å². The van der Waals surface area contributed by atoms with E-state index >= 15 is 0 Å². The summed E-state index contributed by atoms with van der Waals surface area (Å²) >= 11 is 0. The lowest BCUT2D eigenvalue weighted by Gasteiger charge is -2.07. The van der Waals surface area contributed by atoms with Crippen molar-refractivity contribution in [2.24, 2.45) is 0 Å². The highest BCUT2D eigenvalue weighted by atomic mass is 19.1. The molecule has 6 heteroatoms. The van der Waals surface area contributed by atoms with Crippen molar-refractivity contribution >= 4 is 23.1 Å². The molecule has 0 spiro atoms. The fourth-order valence-electron chi connectivity index (χ4n) is 2.57. The van der Waals surface area contributed by atoms with Gasteiger partial charge in [-0.3, -0.25) is 9.59 Å². The Labute approximate surface area is 131 Å². The lowest BCUT2D eigenvalue weighted by Crippen LogP contribution is -2.20. The summed E-state index contributed by atoms with van der Waals surface area (Å²) in [4.78, 5) is 30.0. The highest BCUT2D eigenvalue weighted by Gasteiger charge is 2.12. The van der Waals surface area contributed by atoms with E-state index < -0.39 is 0 Å². The SMILES string of the molecule is CNC(=O)c1cc(C=O)cc(Cc2cccc3[nH]cc(F)c23)n1. The molecule has 3 rings (SSSR count). The van der Waals surface area contributed by atoms with E-state index in [1.807, 2.05) is 6.07 Å². The van der Waals surface area contributed by atoms with Crippen molar-refractivity contribution in [1.82, 2.24) is 15.3 Å². The van der Waals surface area contributed by atoms with Crippen LogP contribution in [0, 0.1) is 5.82 Å². The van der Waals surface area contributed by atoms with Gasteiger partial charge in [0.15, 0.2) is 0 Å². The number of aromatic amines is 1. The summed E-state index contributed by atoms with van der Waals surface area (Å²) in [6.07, 6.45) is 2.28. The minimum Gasteiger partial charge on any atom is -0.359 e. The summed E-state index contributed by atoms with van der Waals surface area (Å²) in [5.74, 6) is -0.713. The summed E-state index contributed by atoms with van der Waals surface area (Å²) in [5, 5.41) is 2.97. The average molecular weight is 311 g/mol. The Morgan fingerprint density at radius 1 is 1.39 bits per heavy atom. The van der Waals surface area contributed by atoms with Gasteiger partial charge in [-0.05, 0) is 23.8 Å². The van der Waals surface area contributed by atoms with Crippen LogP contribution in [0.4, 0.5) is 4.39 Å². The number of hydrogen-bond donors (Lipinski definition) is 2. The van der Waals surface area contributed by atoms with E-state index in [0.717, 1.165) is 5.56 Å². The molecule has 2 aromatic heterocycles. The largest absolute Gasteiger partial charge is 0.359 e. The third kappa shape index (κ3) is 2.83. The zero-order chi connectivity index (χ0) is 16.4. The van der Waals surface area contributed by atoms with Crippen molar-refractivity contribution < 1.29 is 14.0 Å². The summed E-state index contributed by atoms with van der Waals surface area (Å²) in [7, 11) is 1.49. The number of amides is 1. The van der Waals surface area contributed by atoms with Crippen LogP contribution in [0.2, 0.25) is 0 Å². The number of halogens is 1. The van der Waals surface area contributed by atoms with Crippen molar-refractivity contribution in [1.29, 1.82) is 0 Å². The van der Waals surface area contributed by atoms with E-state index in [1.165, 1.54) is 19.3 Å². The molecular formula is C17H14FN3O2. The predicted molar refractivity (Wildman–Crippen MR) is 84.1 cm³/mol. The Balaban J connectivity index is 2.06. The van der Waals surface area contributed by atoms with Crippen LogP contribution in [-0.4, -0.2) is 29.2 Å². The van der Waals surface area contributed by atoms with Gasteiger partial charge in [0.1, 0.15) is 17.8 Å². The van der Waals surface area contributed by atoms with E-state index in [0.29, 0.717) is 34.9 Å². The number of H-pyrrole nitrogens is 1. The first-order valence-corrected chi connectivity index (χ1v) is 7.05. The van der Waals surface area contributed by atoms with E-state index in [-0.39, 0.29) is 17.4 Å². The monoisotopic (exact) mass is 311 g/mol. The second-order valence-electron chi connectivity index (χ2n) is 5.13. The number of nitrogens with zero attached hydrogens (tertiary/aromatic N) is 1. The van der Waals surface area contributed by atoms with Crippen LogP contribution in [-0.2, 0) is 6.42 Å². The number of carbonyl (C=O) groups is 2. The maximum atomic E-state index is 13.9. The molecule has 0 unspecified atom stereocenters. The Bertz CT molecular complexity index is 902. The van der Waals surface area contributed by atoms with Crippen molar-refractivity contribution in [3.63, 3.8) is 0 Å². The zero-order valence-electron chi connectivity index (χ0n) is 12.4. The summed E-state index contributed by atoms with van der Waals surface area (Å²) in [6, 6.07) is 8.42. The van der Waals surface area contributed by atoms with Crippen LogP contribution < -0.4 is 5.32 Å². The molecule has 0 aliphatic rings. The topological polar surface area (TPSA) is 74.8 Å². The second kappa shape index (κ2) is 6.00. The van der Waals surface area contributed by atoms with Crippen LogP contribution in [0.1, 0.15) is 32.1 Å². The Morgan fingerprint density at radius 3 is 2.96 bits per heavy atom. The first-order valence-electron chi connectivity index (χ1n) is 7.05. The van der Waals surface area contributed by atoms with Gasteiger partial charge in [0.05, 0.1) is 0 Å². The molecule has 0 saturated heterocycles. The zero-order valence-corrected chi connectivity index (χ0v) is 12.4. The number of pyridine rings is 1. The maximum Gasteiger partial charge on any atom is 0.269 e. The minimum atomic E-state index is -0.374. The van der Waals surface area contributed by atoms with Crippen LogP contribution in [0.3, 0.4) is 0 Å². The van der Waals surface area contributed by atoms with Gasteiger partial charge in [-0.25, -0.2) is 9.37 Å². The molecule has 1 aromatic carbocycles. The predicted octanol–water partition coefficient (Wildman–Crippen LogP) is 2.46. The van der Waals surface area contributed by atoms with Gasteiger partial charge in [0, 0.05) is 41.8 Å². The fraction of sp³-hybridized carbons (Fsp3) is 0.118. The van der Waals surface area contributed by atoms with Crippen molar-refractivity contribution in [3.8, 4) is 0 Å². The molecule has 0 saturated carbocycles. The molecule has 5 nitrogen and oxygen atoms in total. The number of hydrogen-bond acceptors (Lipinski definition) is 3. The van der Waals surface area contributed by atoms with Crippen LogP contribution in [0.15, 0.2) is 36.5 Å². The molecular weight excluding hydrogens is 297 g/mol. The molecule has 2 N–H and O–H groups in total. The molecule has 116 valence electrons. The smallest absolute Gasteiger partial charge is 0.269 e. The van der Waals surface area contributed by atoms with E-state index in [9.17, 15) is 14.0 Å². The van der Waals surface area contributed by atoms with Gasteiger partial charge < -0.3 is 10.3 Å². The Hall–Kier alpha value is -3.02. The van der Waals surface area contributed by atoms with Gasteiger partial charge in [-0.1, -0.05) is 12.1 Å². The van der Waals surface area contributed by atoms with Crippen molar-refractivity contribution in [2.75, 3.05) is 7.05 Å². The first-order chi connectivity index (χ1) is 11.1. The number of fused-ring (bicyclic) bond motifs is 1. The van der Waals surface area contributed by atoms with Crippen molar-refractivity contribution in [3.05, 3.63) is 64.9 Å². The second-order valence-corrected chi connectivity index (χ2v) is 5.13. The van der Waals surface area contributed by atoms with Gasteiger partial charge in [0.25, 0.3) is 5.91 Å². The van der Waals surface area contributed by atoms with Gasteiger partial charge in [-0.2, -0.15) is 0 Å². The molecule has 0 radical (unpaired) electrons. The minimum absolute atomic E-state index is 0.161. The lowest BCUT2D eigenvalue weighted by molar-refractivity contribution is 0.0958. The number of aldehydes is 1. The van der Waals surface area contributed by atoms with Gasteiger partial charge >= 0.3 is 0 Å². The number of rotatable bonds is 4. The molecule has 1 amide bonds. The maximum absolute atomic E-state index is 13.9. The highest BCUT2D eigenvalue weighted by molar-refractivity contribution is 5.93. The average Bonchev–Trinajstić information content (AvgIpc) is 2.96. The summed E-state index contributed by atoms with van der Waals surface area (Å²) < 4.78 is 13.9. The molecule has 0 atom stereocenters. The van der Waals surface area contributed by atoms with Crippen LogP contribution >= 0.6 is 0 Å². The number of aromatic nitrogens is 2. The van der Waals surface area contributed by atoms with E-state index in [2.05, 4.69) is 15.3 Å². The number of nitrogens with one attached hydrogen (secondary N) is 2. The molecule has 0 bridgehead atoms. The number of carbonyl (C=O) groups excluding carboxylic acids is 2. The normalized spacial score (nSPS) is 10.7. The molecule has 2 heterocycles. The Morgan fingerprint density at radius 2 is 2.22 bits per heavy atom. The summed E-state index contributed by atoms with van der Waals surface area (Å²) in [5.41, 5.74) is 2.48. The van der Waals surface area contributed by atoms with E-state index in [1.54, 1.807) is 18.2 Å². The molecule has 0 aliphatic heterocycles. The number of benzene rings is 1.